The molecule has 2 atom stereocenters. The molecule has 1 heterocycles. The van der Waals surface area contributed by atoms with Gasteiger partial charge < -0.3 is 9.84 Å². The molecule has 5 heteroatoms. The first-order chi connectivity index (χ1) is 8.92. The Bertz CT molecular complexity index is 378. The van der Waals surface area contributed by atoms with Gasteiger partial charge in [-0.25, -0.2) is 9.59 Å². The van der Waals surface area contributed by atoms with Crippen LogP contribution in [-0.4, -0.2) is 40.3 Å². The molecular weight excluding hydrogens is 258 g/mol. The van der Waals surface area contributed by atoms with Gasteiger partial charge in [0, 0.05) is 6.54 Å². The van der Waals surface area contributed by atoms with Crippen LogP contribution in [0.4, 0.5) is 4.79 Å². The molecule has 1 amide bonds. The van der Waals surface area contributed by atoms with Crippen molar-refractivity contribution in [3.05, 3.63) is 0 Å². The van der Waals surface area contributed by atoms with Crippen molar-refractivity contribution in [3.63, 3.8) is 0 Å². The standard InChI is InChI=1S/C15H27NO4/c1-14(2,3)10-7-8-11(12(17)18)16(9-10)13(19)20-15(4,5)6/h10-11H,7-9H2,1-6H3,(H,17,18)/t10-,11-/m1/s1. The van der Waals surface area contributed by atoms with Crippen molar-refractivity contribution in [3.8, 4) is 0 Å². The molecule has 0 saturated carbocycles. The number of rotatable bonds is 1. The molecule has 1 N–H and O–H groups in total. The Morgan fingerprint density at radius 3 is 2.05 bits per heavy atom. The van der Waals surface area contributed by atoms with Gasteiger partial charge in [-0.3, -0.25) is 4.90 Å². The molecule has 1 aliphatic rings. The SMILES string of the molecule is CC(C)(C)OC(=O)N1C[C@H](C(C)(C)C)CC[C@@H]1C(=O)O. The third kappa shape index (κ3) is 4.39. The van der Waals surface area contributed by atoms with Crippen LogP contribution in [0.15, 0.2) is 0 Å². The Morgan fingerprint density at radius 2 is 1.65 bits per heavy atom. The molecule has 0 aromatic carbocycles. The monoisotopic (exact) mass is 285 g/mol. The molecule has 0 unspecified atom stereocenters. The first-order valence-electron chi connectivity index (χ1n) is 7.14. The van der Waals surface area contributed by atoms with Crippen LogP contribution in [0.2, 0.25) is 0 Å². The molecule has 0 aromatic rings. The molecule has 0 spiro atoms. The molecule has 0 aromatic heterocycles. The van der Waals surface area contributed by atoms with Gasteiger partial charge in [0.25, 0.3) is 0 Å². The summed E-state index contributed by atoms with van der Waals surface area (Å²) in [6, 6.07) is -0.775. The molecule has 0 radical (unpaired) electrons. The summed E-state index contributed by atoms with van der Waals surface area (Å²) in [6.07, 6.45) is 0.773. The third-order valence-corrected chi connectivity index (χ3v) is 3.72. The molecule has 5 nitrogen and oxygen atoms in total. The van der Waals surface area contributed by atoms with Gasteiger partial charge in [-0.05, 0) is 44.9 Å². The van der Waals surface area contributed by atoms with E-state index < -0.39 is 23.7 Å². The quantitative estimate of drug-likeness (QED) is 0.803. The minimum atomic E-state index is -0.955. The molecule has 1 saturated heterocycles. The predicted octanol–water partition coefficient (Wildman–Crippen LogP) is 3.13. The lowest BCUT2D eigenvalue weighted by Gasteiger charge is -2.42. The topological polar surface area (TPSA) is 66.8 Å². The van der Waals surface area contributed by atoms with E-state index in [2.05, 4.69) is 20.8 Å². The number of carbonyl (C=O) groups excluding carboxylic acids is 1. The van der Waals surface area contributed by atoms with Gasteiger partial charge in [0.1, 0.15) is 11.6 Å². The van der Waals surface area contributed by atoms with Crippen molar-refractivity contribution >= 4 is 12.1 Å². The van der Waals surface area contributed by atoms with Crippen molar-refractivity contribution in [2.24, 2.45) is 11.3 Å². The van der Waals surface area contributed by atoms with E-state index in [1.54, 1.807) is 20.8 Å². The smallest absolute Gasteiger partial charge is 0.411 e. The summed E-state index contributed by atoms with van der Waals surface area (Å²) in [5.41, 5.74) is -0.571. The normalized spacial score (nSPS) is 24.4. The highest BCUT2D eigenvalue weighted by atomic mass is 16.6. The number of ether oxygens (including phenoxy) is 1. The second-order valence-corrected chi connectivity index (χ2v) is 7.63. The summed E-state index contributed by atoms with van der Waals surface area (Å²) < 4.78 is 5.34. The van der Waals surface area contributed by atoms with E-state index in [4.69, 9.17) is 4.74 Å². The Labute approximate surface area is 121 Å². The zero-order valence-electron chi connectivity index (χ0n) is 13.4. The van der Waals surface area contributed by atoms with Crippen LogP contribution < -0.4 is 0 Å². The first-order valence-corrected chi connectivity index (χ1v) is 7.14. The summed E-state index contributed by atoms with van der Waals surface area (Å²) in [6.45, 7) is 12.1. The van der Waals surface area contributed by atoms with Gasteiger partial charge in [0.05, 0.1) is 0 Å². The third-order valence-electron chi connectivity index (χ3n) is 3.72. The predicted molar refractivity (Wildman–Crippen MR) is 76.5 cm³/mol. The minimum Gasteiger partial charge on any atom is -0.480 e. The molecule has 0 aliphatic carbocycles. The Hall–Kier alpha value is -1.26. The van der Waals surface area contributed by atoms with Crippen molar-refractivity contribution < 1.29 is 19.4 Å². The molecule has 0 bridgehead atoms. The summed E-state index contributed by atoms with van der Waals surface area (Å²) in [5.74, 6) is -0.672. The molecule has 1 fully saturated rings. The summed E-state index contributed by atoms with van der Waals surface area (Å²) in [5, 5.41) is 9.30. The van der Waals surface area contributed by atoms with Gasteiger partial charge >= 0.3 is 12.1 Å². The number of aliphatic carboxylic acids is 1. The average Bonchev–Trinajstić information content (AvgIpc) is 2.24. The minimum absolute atomic E-state index is 0.0454. The number of hydrogen-bond acceptors (Lipinski definition) is 3. The van der Waals surface area contributed by atoms with E-state index in [0.717, 1.165) is 6.42 Å². The maximum atomic E-state index is 12.2. The number of nitrogens with zero attached hydrogens (tertiary/aromatic N) is 1. The number of carboxylic acid groups (broad SMARTS) is 1. The van der Waals surface area contributed by atoms with E-state index in [1.807, 2.05) is 0 Å². The Kier molecular flexibility index (Phi) is 4.72. The lowest BCUT2D eigenvalue weighted by Crippen LogP contribution is -2.53. The second kappa shape index (κ2) is 5.62. The van der Waals surface area contributed by atoms with Gasteiger partial charge in [-0.2, -0.15) is 0 Å². The van der Waals surface area contributed by atoms with E-state index in [1.165, 1.54) is 4.90 Å². The first kappa shape index (κ1) is 16.8. The summed E-state index contributed by atoms with van der Waals surface area (Å²) in [4.78, 5) is 25.0. The van der Waals surface area contributed by atoms with E-state index in [9.17, 15) is 14.7 Å². The van der Waals surface area contributed by atoms with Crippen molar-refractivity contribution in [1.82, 2.24) is 4.90 Å². The van der Waals surface area contributed by atoms with Crippen molar-refractivity contribution in [1.29, 1.82) is 0 Å². The van der Waals surface area contributed by atoms with Gasteiger partial charge in [-0.15, -0.1) is 0 Å². The fourth-order valence-electron chi connectivity index (χ4n) is 2.46. The molecule has 1 rings (SSSR count). The number of piperidine rings is 1. The lowest BCUT2D eigenvalue weighted by molar-refractivity contribution is -0.145. The van der Waals surface area contributed by atoms with Gasteiger partial charge in [0.15, 0.2) is 0 Å². The zero-order valence-corrected chi connectivity index (χ0v) is 13.4. The highest BCUT2D eigenvalue weighted by molar-refractivity contribution is 5.80. The number of amides is 1. The fourth-order valence-corrected chi connectivity index (χ4v) is 2.46. The zero-order chi connectivity index (χ0) is 15.7. The molecule has 116 valence electrons. The van der Waals surface area contributed by atoms with Crippen LogP contribution in [0.3, 0.4) is 0 Å². The lowest BCUT2D eigenvalue weighted by atomic mass is 9.75. The average molecular weight is 285 g/mol. The fraction of sp³-hybridized carbons (Fsp3) is 0.867. The summed E-state index contributed by atoms with van der Waals surface area (Å²) >= 11 is 0. The van der Waals surface area contributed by atoms with Crippen molar-refractivity contribution in [2.45, 2.75) is 66.0 Å². The maximum Gasteiger partial charge on any atom is 0.411 e. The van der Waals surface area contributed by atoms with Crippen LogP contribution in [0, 0.1) is 11.3 Å². The molecule has 1 aliphatic heterocycles. The summed E-state index contributed by atoms with van der Waals surface area (Å²) in [7, 11) is 0. The van der Waals surface area contributed by atoms with Crippen LogP contribution >= 0.6 is 0 Å². The Balaban J connectivity index is 2.89. The van der Waals surface area contributed by atoms with Crippen molar-refractivity contribution in [2.75, 3.05) is 6.54 Å². The molecular formula is C15H27NO4. The number of carboxylic acids is 1. The maximum absolute atomic E-state index is 12.2. The van der Waals surface area contributed by atoms with Gasteiger partial charge in [0.2, 0.25) is 0 Å². The van der Waals surface area contributed by atoms with E-state index in [-0.39, 0.29) is 11.3 Å². The number of hydrogen-bond donors (Lipinski definition) is 1. The highest BCUT2D eigenvalue weighted by Gasteiger charge is 2.41. The van der Waals surface area contributed by atoms with E-state index in [0.29, 0.717) is 13.0 Å². The van der Waals surface area contributed by atoms with E-state index >= 15 is 0 Å². The number of likely N-dealkylation sites (tertiary alicyclic amines) is 1. The largest absolute Gasteiger partial charge is 0.480 e. The van der Waals surface area contributed by atoms with Crippen LogP contribution in [0.25, 0.3) is 0 Å². The highest BCUT2D eigenvalue weighted by Crippen LogP contribution is 2.35. The van der Waals surface area contributed by atoms with Crippen LogP contribution in [0.1, 0.15) is 54.4 Å². The number of carbonyl (C=O) groups is 2. The van der Waals surface area contributed by atoms with Gasteiger partial charge in [-0.1, -0.05) is 20.8 Å². The van der Waals surface area contributed by atoms with Crippen LogP contribution in [-0.2, 0) is 9.53 Å². The van der Waals surface area contributed by atoms with Crippen LogP contribution in [0.5, 0.6) is 0 Å². The Morgan fingerprint density at radius 1 is 1.10 bits per heavy atom. The molecule has 20 heavy (non-hydrogen) atoms. The second-order valence-electron chi connectivity index (χ2n) is 7.63.